The minimum atomic E-state index is -0.261. The lowest BCUT2D eigenvalue weighted by molar-refractivity contribution is -0.119. The van der Waals surface area contributed by atoms with Crippen molar-refractivity contribution in [2.75, 3.05) is 42.7 Å². The lowest BCUT2D eigenvalue weighted by Crippen LogP contribution is -2.12. The van der Waals surface area contributed by atoms with E-state index in [0.29, 0.717) is 34.5 Å². The van der Waals surface area contributed by atoms with Crippen LogP contribution in [-0.4, -0.2) is 48.4 Å². The molecule has 0 unspecified atom stereocenters. The fraction of sp³-hybridized carbons (Fsp3) is 0.435. The van der Waals surface area contributed by atoms with Gasteiger partial charge in [0.2, 0.25) is 11.5 Å². The van der Waals surface area contributed by atoms with Gasteiger partial charge in [-0.3, -0.25) is 4.79 Å². The van der Waals surface area contributed by atoms with Crippen LogP contribution >= 0.6 is 0 Å². The van der Waals surface area contributed by atoms with E-state index in [1.165, 1.54) is 0 Å². The molecule has 1 saturated carbocycles. The molecular formula is C23H28O7. The van der Waals surface area contributed by atoms with Crippen LogP contribution in [0, 0.1) is 0 Å². The second kappa shape index (κ2) is 9.15. The molecule has 2 atom stereocenters. The van der Waals surface area contributed by atoms with E-state index in [2.05, 4.69) is 0 Å². The summed E-state index contributed by atoms with van der Waals surface area (Å²) in [6.07, 6.45) is 1.44. The maximum Gasteiger partial charge on any atom is 0.203 e. The van der Waals surface area contributed by atoms with Crippen LogP contribution in [0.15, 0.2) is 24.3 Å². The van der Waals surface area contributed by atoms with Crippen molar-refractivity contribution in [3.8, 4) is 34.5 Å². The number of hydrogen-bond donors (Lipinski definition) is 0. The zero-order chi connectivity index (χ0) is 21.8. The first-order chi connectivity index (χ1) is 14.5. The van der Waals surface area contributed by atoms with Crippen LogP contribution in [0.3, 0.4) is 0 Å². The highest BCUT2D eigenvalue weighted by Gasteiger charge is 2.37. The zero-order valence-electron chi connectivity index (χ0n) is 18.2. The monoisotopic (exact) mass is 416 g/mol. The number of benzene rings is 2. The van der Waals surface area contributed by atoms with Gasteiger partial charge in [-0.25, -0.2) is 0 Å². The Hall–Kier alpha value is -3.09. The van der Waals surface area contributed by atoms with Gasteiger partial charge in [-0.05, 0) is 48.2 Å². The summed E-state index contributed by atoms with van der Waals surface area (Å²) in [6, 6.07) is 7.39. The molecule has 162 valence electrons. The molecule has 0 aromatic heterocycles. The summed E-state index contributed by atoms with van der Waals surface area (Å²) in [5, 5.41) is 0. The molecule has 3 rings (SSSR count). The van der Waals surface area contributed by atoms with E-state index in [0.717, 1.165) is 24.0 Å². The Kier molecular flexibility index (Phi) is 6.59. The predicted molar refractivity (Wildman–Crippen MR) is 112 cm³/mol. The molecule has 2 aromatic rings. The van der Waals surface area contributed by atoms with Crippen molar-refractivity contribution >= 4 is 5.78 Å². The van der Waals surface area contributed by atoms with Gasteiger partial charge >= 0.3 is 0 Å². The third-order valence-corrected chi connectivity index (χ3v) is 5.61. The fourth-order valence-electron chi connectivity index (χ4n) is 4.13. The Balaban J connectivity index is 1.97. The van der Waals surface area contributed by atoms with E-state index in [9.17, 15) is 4.79 Å². The fourth-order valence-corrected chi connectivity index (χ4v) is 4.13. The van der Waals surface area contributed by atoms with Gasteiger partial charge < -0.3 is 28.4 Å². The number of hydrogen-bond acceptors (Lipinski definition) is 7. The molecule has 7 nitrogen and oxygen atoms in total. The third-order valence-electron chi connectivity index (χ3n) is 5.61. The first-order valence-corrected chi connectivity index (χ1v) is 9.66. The lowest BCUT2D eigenvalue weighted by atomic mass is 9.91. The highest BCUT2D eigenvalue weighted by atomic mass is 16.5. The SMILES string of the molecule is COc1cc([C@H]2CC[C@H](c3cc(OC)c(OC)c(OC)c3)C2=O)cc(OC)c1OC. The number of Topliss-reactive ketones (excluding diaryl/α,β-unsaturated/α-hetero) is 1. The van der Waals surface area contributed by atoms with Crippen LogP contribution in [0.1, 0.15) is 35.8 Å². The molecular weight excluding hydrogens is 388 g/mol. The van der Waals surface area contributed by atoms with Crippen molar-refractivity contribution in [1.29, 1.82) is 0 Å². The molecule has 0 heterocycles. The Morgan fingerprint density at radius 2 is 0.867 bits per heavy atom. The molecule has 0 bridgehead atoms. The summed E-state index contributed by atoms with van der Waals surface area (Å²) in [7, 11) is 9.38. The molecule has 1 fully saturated rings. The first-order valence-electron chi connectivity index (χ1n) is 9.66. The topological polar surface area (TPSA) is 72.5 Å². The molecule has 0 N–H and O–H groups in total. The molecule has 1 aliphatic carbocycles. The molecule has 30 heavy (non-hydrogen) atoms. The van der Waals surface area contributed by atoms with Gasteiger partial charge in [0.15, 0.2) is 23.0 Å². The average Bonchev–Trinajstić information content (AvgIpc) is 3.17. The Bertz CT molecular complexity index is 798. The smallest absolute Gasteiger partial charge is 0.203 e. The van der Waals surface area contributed by atoms with Crippen molar-refractivity contribution in [2.45, 2.75) is 24.7 Å². The van der Waals surface area contributed by atoms with Crippen LogP contribution in [0.4, 0.5) is 0 Å². The summed E-state index contributed by atoms with van der Waals surface area (Å²) >= 11 is 0. The van der Waals surface area contributed by atoms with Crippen molar-refractivity contribution in [3.05, 3.63) is 35.4 Å². The van der Waals surface area contributed by atoms with Crippen LogP contribution in [0.2, 0.25) is 0 Å². The minimum Gasteiger partial charge on any atom is -0.493 e. The molecule has 0 amide bonds. The summed E-state index contributed by atoms with van der Waals surface area (Å²) in [5.74, 6) is 2.79. The van der Waals surface area contributed by atoms with E-state index < -0.39 is 0 Å². The third kappa shape index (κ3) is 3.72. The summed E-state index contributed by atoms with van der Waals surface area (Å²) < 4.78 is 32.6. The van der Waals surface area contributed by atoms with E-state index in [4.69, 9.17) is 28.4 Å². The number of rotatable bonds is 8. The maximum atomic E-state index is 13.4. The van der Waals surface area contributed by atoms with Gasteiger partial charge in [0.05, 0.1) is 42.7 Å². The highest BCUT2D eigenvalue weighted by Crippen LogP contribution is 2.48. The van der Waals surface area contributed by atoms with Gasteiger partial charge in [0.1, 0.15) is 5.78 Å². The molecule has 1 aliphatic rings. The Morgan fingerprint density at radius 3 is 1.10 bits per heavy atom. The van der Waals surface area contributed by atoms with Crippen molar-refractivity contribution < 1.29 is 33.2 Å². The summed E-state index contributed by atoms with van der Waals surface area (Å²) in [4.78, 5) is 13.4. The number of ether oxygens (including phenoxy) is 6. The number of carbonyl (C=O) groups is 1. The Labute approximate surface area is 176 Å². The van der Waals surface area contributed by atoms with Crippen LogP contribution in [0.5, 0.6) is 34.5 Å². The molecule has 0 aliphatic heterocycles. The first kappa shape index (κ1) is 21.6. The second-order valence-electron chi connectivity index (χ2n) is 7.00. The normalized spacial score (nSPS) is 18.1. The van der Waals surface area contributed by atoms with E-state index in [1.807, 2.05) is 24.3 Å². The summed E-state index contributed by atoms with van der Waals surface area (Å²) in [5.41, 5.74) is 1.70. The molecule has 0 spiro atoms. The molecule has 7 heteroatoms. The molecule has 0 saturated heterocycles. The molecule has 0 radical (unpaired) electrons. The van der Waals surface area contributed by atoms with E-state index in [1.54, 1.807) is 42.7 Å². The Morgan fingerprint density at radius 1 is 0.567 bits per heavy atom. The van der Waals surface area contributed by atoms with Gasteiger partial charge in [-0.1, -0.05) is 0 Å². The predicted octanol–water partition coefficient (Wildman–Crippen LogP) is 3.97. The van der Waals surface area contributed by atoms with Gasteiger partial charge in [-0.15, -0.1) is 0 Å². The van der Waals surface area contributed by atoms with E-state index in [-0.39, 0.29) is 17.6 Å². The number of carbonyl (C=O) groups excluding carboxylic acids is 1. The number of ketones is 1. The summed E-state index contributed by atoms with van der Waals surface area (Å²) in [6.45, 7) is 0. The maximum absolute atomic E-state index is 13.4. The van der Waals surface area contributed by atoms with Crippen LogP contribution < -0.4 is 28.4 Å². The second-order valence-corrected chi connectivity index (χ2v) is 7.00. The largest absolute Gasteiger partial charge is 0.493 e. The van der Waals surface area contributed by atoms with Crippen LogP contribution in [0.25, 0.3) is 0 Å². The average molecular weight is 416 g/mol. The van der Waals surface area contributed by atoms with Gasteiger partial charge in [-0.2, -0.15) is 0 Å². The standard InChI is InChI=1S/C23H28O7/c1-25-17-9-13(10-18(26-2)22(17)29-5)15-7-8-16(21(15)24)14-11-19(27-3)23(30-6)20(12-14)28-4/h9-12,15-16H,7-8H2,1-6H3/t15-,16-/m1/s1. The lowest BCUT2D eigenvalue weighted by Gasteiger charge is -2.18. The van der Waals surface area contributed by atoms with Crippen molar-refractivity contribution in [2.24, 2.45) is 0 Å². The van der Waals surface area contributed by atoms with E-state index >= 15 is 0 Å². The van der Waals surface area contributed by atoms with Crippen LogP contribution in [-0.2, 0) is 4.79 Å². The van der Waals surface area contributed by atoms with Gasteiger partial charge in [0.25, 0.3) is 0 Å². The number of methoxy groups -OCH3 is 6. The molecule has 2 aromatic carbocycles. The zero-order valence-corrected chi connectivity index (χ0v) is 18.2. The highest BCUT2D eigenvalue weighted by molar-refractivity contribution is 5.94. The van der Waals surface area contributed by atoms with Gasteiger partial charge in [0, 0.05) is 11.8 Å². The quantitative estimate of drug-likeness (QED) is 0.645. The van der Waals surface area contributed by atoms with Crippen molar-refractivity contribution in [1.82, 2.24) is 0 Å². The minimum absolute atomic E-state index is 0.138. The van der Waals surface area contributed by atoms with Crippen molar-refractivity contribution in [3.63, 3.8) is 0 Å².